The zero-order chi connectivity index (χ0) is 31.8. The highest BCUT2D eigenvalue weighted by Gasteiger charge is 2.28. The Morgan fingerprint density at radius 3 is 2.56 bits per heavy atom. The van der Waals surface area contributed by atoms with Crippen molar-refractivity contribution in [3.8, 4) is 34.0 Å². The van der Waals surface area contributed by atoms with Crippen molar-refractivity contribution in [2.24, 2.45) is 0 Å². The maximum atomic E-state index is 14.8. The summed E-state index contributed by atoms with van der Waals surface area (Å²) in [6.07, 6.45) is 1.85. The zero-order valence-corrected chi connectivity index (χ0v) is 26.3. The Bertz CT molecular complexity index is 2320. The second-order valence-electron chi connectivity index (χ2n) is 11.6. The van der Waals surface area contributed by atoms with Gasteiger partial charge in [-0.1, -0.05) is 35.9 Å². The molecule has 4 heterocycles. The third-order valence-corrected chi connectivity index (χ3v) is 9.91. The number of nitrogens with zero attached hydrogens (tertiary/aromatic N) is 3. The lowest BCUT2D eigenvalue weighted by Crippen LogP contribution is -2.25. The van der Waals surface area contributed by atoms with Crippen LogP contribution in [-0.4, -0.2) is 44.2 Å². The predicted molar refractivity (Wildman–Crippen MR) is 176 cm³/mol. The Balaban J connectivity index is 1.50. The van der Waals surface area contributed by atoms with Gasteiger partial charge in [0, 0.05) is 48.6 Å². The minimum Gasteiger partial charge on any atom is -0.455 e. The highest BCUT2D eigenvalue weighted by atomic mass is 32.2. The maximum Gasteiger partial charge on any atom is 0.255 e. The van der Waals surface area contributed by atoms with Gasteiger partial charge >= 0.3 is 0 Å². The summed E-state index contributed by atoms with van der Waals surface area (Å²) in [4.78, 5) is 18.5. The number of hydrogen-bond donors (Lipinski definition) is 1. The summed E-state index contributed by atoms with van der Waals surface area (Å²) in [5.74, 6) is -0.225. The van der Waals surface area contributed by atoms with Gasteiger partial charge in [0.1, 0.15) is 17.2 Å². The summed E-state index contributed by atoms with van der Waals surface area (Å²) < 4.78 is 50.1. The number of carbonyl (C=O) groups excluding carboxylic acids is 1. The Morgan fingerprint density at radius 1 is 1.02 bits per heavy atom. The SMILES string of the molecule is CNC(=O)c1c(-c2ccc(C)cc2C)oc2cc(N(C)S(C)(=O)=O)c(-c3ccc4c(n3)-c3cc5c(F)cccc5n3CC4)cc12. The maximum absolute atomic E-state index is 14.8. The highest BCUT2D eigenvalue weighted by molar-refractivity contribution is 7.92. The Morgan fingerprint density at radius 2 is 1.82 bits per heavy atom. The number of sulfonamides is 1. The summed E-state index contributed by atoms with van der Waals surface area (Å²) in [5, 5.41) is 3.79. The Labute approximate surface area is 260 Å². The number of rotatable bonds is 5. The number of furan rings is 1. The lowest BCUT2D eigenvalue weighted by Gasteiger charge is -2.23. The number of aromatic nitrogens is 2. The minimum absolute atomic E-state index is 0.295. The third-order valence-electron chi connectivity index (χ3n) is 8.72. The molecule has 0 bridgehead atoms. The van der Waals surface area contributed by atoms with Gasteiger partial charge in [-0.3, -0.25) is 9.10 Å². The molecule has 0 radical (unpaired) electrons. The van der Waals surface area contributed by atoms with Crippen molar-refractivity contribution in [1.82, 2.24) is 14.9 Å². The number of pyridine rings is 1. The van der Waals surface area contributed by atoms with E-state index in [2.05, 4.69) is 9.88 Å². The number of amides is 1. The predicted octanol–water partition coefficient (Wildman–Crippen LogP) is 6.85. The molecule has 0 spiro atoms. The number of fused-ring (bicyclic) bond motifs is 6. The first-order valence-corrected chi connectivity index (χ1v) is 16.4. The van der Waals surface area contributed by atoms with Crippen molar-refractivity contribution in [2.75, 3.05) is 24.7 Å². The smallest absolute Gasteiger partial charge is 0.255 e. The average molecular weight is 623 g/mol. The fraction of sp³-hybridized carbons (Fsp3) is 0.200. The van der Waals surface area contributed by atoms with Crippen LogP contribution in [0.2, 0.25) is 0 Å². The van der Waals surface area contributed by atoms with Crippen LogP contribution in [0, 0.1) is 19.7 Å². The summed E-state index contributed by atoms with van der Waals surface area (Å²) >= 11 is 0. The fourth-order valence-electron chi connectivity index (χ4n) is 6.36. The summed E-state index contributed by atoms with van der Waals surface area (Å²) in [7, 11) is -0.651. The van der Waals surface area contributed by atoms with Crippen LogP contribution in [0.5, 0.6) is 0 Å². The van der Waals surface area contributed by atoms with Gasteiger partial charge in [0.2, 0.25) is 10.0 Å². The molecule has 0 unspecified atom stereocenters. The monoisotopic (exact) mass is 622 g/mol. The van der Waals surface area contributed by atoms with Gasteiger partial charge in [-0.2, -0.15) is 0 Å². The van der Waals surface area contributed by atoms with Crippen LogP contribution >= 0.6 is 0 Å². The van der Waals surface area contributed by atoms with Crippen molar-refractivity contribution in [1.29, 1.82) is 0 Å². The summed E-state index contributed by atoms with van der Waals surface area (Å²) in [5.41, 5.74) is 8.19. The van der Waals surface area contributed by atoms with Crippen LogP contribution in [-0.2, 0) is 23.0 Å². The molecule has 0 saturated heterocycles. The number of nitrogens with one attached hydrogen (secondary N) is 1. The molecule has 1 aliphatic rings. The van der Waals surface area contributed by atoms with Crippen LogP contribution in [0.3, 0.4) is 0 Å². The summed E-state index contributed by atoms with van der Waals surface area (Å²) in [6, 6.07) is 20.1. The van der Waals surface area contributed by atoms with Crippen molar-refractivity contribution >= 4 is 43.5 Å². The quantitative estimate of drug-likeness (QED) is 0.227. The molecule has 0 atom stereocenters. The molecule has 0 aliphatic carbocycles. The van der Waals surface area contributed by atoms with Gasteiger partial charge < -0.3 is 14.3 Å². The molecule has 45 heavy (non-hydrogen) atoms. The molecule has 10 heteroatoms. The fourth-order valence-corrected chi connectivity index (χ4v) is 6.87. The van der Waals surface area contributed by atoms with Gasteiger partial charge in [-0.05, 0) is 61.7 Å². The van der Waals surface area contributed by atoms with Crippen LogP contribution in [0.15, 0.2) is 71.1 Å². The average Bonchev–Trinajstić information content (AvgIpc) is 3.58. The number of benzene rings is 3. The summed E-state index contributed by atoms with van der Waals surface area (Å²) in [6.45, 7) is 4.64. The van der Waals surface area contributed by atoms with Gasteiger partial charge in [-0.15, -0.1) is 0 Å². The van der Waals surface area contributed by atoms with Crippen molar-refractivity contribution < 1.29 is 22.0 Å². The molecule has 3 aromatic carbocycles. The van der Waals surface area contributed by atoms with E-state index in [1.807, 2.05) is 56.3 Å². The highest BCUT2D eigenvalue weighted by Crippen LogP contribution is 2.43. The molecule has 7 rings (SSSR count). The van der Waals surface area contributed by atoms with Crippen LogP contribution in [0.4, 0.5) is 10.1 Å². The van der Waals surface area contributed by atoms with Gasteiger partial charge in [0.05, 0.1) is 40.1 Å². The van der Waals surface area contributed by atoms with Crippen LogP contribution < -0.4 is 9.62 Å². The first-order chi connectivity index (χ1) is 21.5. The van der Waals surface area contributed by atoms with Gasteiger partial charge in [0.15, 0.2) is 0 Å². The molecular weight excluding hydrogens is 591 g/mol. The van der Waals surface area contributed by atoms with Crippen molar-refractivity contribution in [3.63, 3.8) is 0 Å². The molecule has 3 aromatic heterocycles. The second-order valence-corrected chi connectivity index (χ2v) is 13.6. The van der Waals surface area contributed by atoms with Gasteiger partial charge in [-0.25, -0.2) is 17.8 Å². The van der Waals surface area contributed by atoms with E-state index < -0.39 is 10.0 Å². The molecular formula is C35H31FN4O4S. The van der Waals surface area contributed by atoms with E-state index in [0.29, 0.717) is 63.3 Å². The Kier molecular flexibility index (Phi) is 6.59. The number of halogens is 1. The van der Waals surface area contributed by atoms with E-state index in [1.54, 1.807) is 25.2 Å². The largest absolute Gasteiger partial charge is 0.455 e. The van der Waals surface area contributed by atoms with E-state index in [1.165, 1.54) is 17.4 Å². The Hall–Kier alpha value is -4.96. The zero-order valence-electron chi connectivity index (χ0n) is 25.5. The number of aryl methyl sites for hydroxylation is 4. The first-order valence-electron chi connectivity index (χ1n) is 14.6. The van der Waals surface area contributed by atoms with E-state index in [0.717, 1.165) is 39.7 Å². The van der Waals surface area contributed by atoms with Crippen LogP contribution in [0.25, 0.3) is 55.8 Å². The topological polar surface area (TPSA) is 97.4 Å². The molecule has 0 saturated carbocycles. The molecule has 1 N–H and O–H groups in total. The minimum atomic E-state index is -3.69. The van der Waals surface area contributed by atoms with Crippen molar-refractivity contribution in [3.05, 3.63) is 94.8 Å². The third kappa shape index (κ3) is 4.59. The van der Waals surface area contributed by atoms with Gasteiger partial charge in [0.25, 0.3) is 5.91 Å². The van der Waals surface area contributed by atoms with E-state index >= 15 is 0 Å². The first kappa shape index (κ1) is 28.8. The standard InChI is InChI=1S/C35H31FN4O4S/c1-19-9-11-22(20(2)15-19)34-32(35(41)37-3)25-16-24(29(18-31(25)44-34)39(4)45(5,42)43)27-12-10-21-13-14-40-28-8-6-7-26(36)23(28)17-30(40)33(21)38-27/h6-12,15-18H,13-14H2,1-5H3,(H,37,41). The normalized spacial score (nSPS) is 12.8. The second kappa shape index (κ2) is 10.3. The molecule has 0 fully saturated rings. The molecule has 228 valence electrons. The molecule has 1 aliphatic heterocycles. The lowest BCUT2D eigenvalue weighted by atomic mass is 9.97. The molecule has 6 aromatic rings. The number of anilines is 1. The van der Waals surface area contributed by atoms with Crippen molar-refractivity contribution in [2.45, 2.75) is 26.8 Å². The van der Waals surface area contributed by atoms with E-state index in [-0.39, 0.29) is 11.7 Å². The number of carbonyl (C=O) groups is 1. The van der Waals surface area contributed by atoms with E-state index in [9.17, 15) is 17.6 Å². The van der Waals surface area contributed by atoms with E-state index in [4.69, 9.17) is 9.40 Å². The number of hydrogen-bond acceptors (Lipinski definition) is 5. The van der Waals surface area contributed by atoms with Crippen LogP contribution in [0.1, 0.15) is 27.0 Å². The molecule has 8 nitrogen and oxygen atoms in total. The molecule has 1 amide bonds. The lowest BCUT2D eigenvalue weighted by molar-refractivity contribution is 0.0964.